The Labute approximate surface area is 158 Å². The number of rotatable bonds is 8. The number of hydrogen-bond acceptors (Lipinski definition) is 7. The number of hydrazone groups is 1. The van der Waals surface area contributed by atoms with Gasteiger partial charge in [0.15, 0.2) is 0 Å². The van der Waals surface area contributed by atoms with E-state index in [0.29, 0.717) is 22.7 Å². The van der Waals surface area contributed by atoms with E-state index in [4.69, 9.17) is 4.74 Å². The number of benzene rings is 1. The highest BCUT2D eigenvalue weighted by molar-refractivity contribution is 7.89. The van der Waals surface area contributed by atoms with Crippen LogP contribution in [0.2, 0.25) is 0 Å². The first-order valence-corrected chi connectivity index (χ1v) is 9.80. The molecule has 0 unspecified atom stereocenters. The van der Waals surface area contributed by atoms with Gasteiger partial charge in [-0.05, 0) is 36.8 Å². The molecule has 2 aromatic rings. The van der Waals surface area contributed by atoms with Crippen LogP contribution in [0, 0.1) is 0 Å². The summed E-state index contributed by atoms with van der Waals surface area (Å²) >= 11 is 0. The Morgan fingerprint density at radius 1 is 1.33 bits per heavy atom. The Kier molecular flexibility index (Phi) is 6.67. The molecule has 0 atom stereocenters. The molecule has 0 fully saturated rings. The van der Waals surface area contributed by atoms with E-state index in [1.54, 1.807) is 49.7 Å². The van der Waals surface area contributed by atoms with Gasteiger partial charge in [-0.3, -0.25) is 15.2 Å². The molecule has 1 aromatic heterocycles. The minimum absolute atomic E-state index is 0.195. The molecular formula is C18H20N4O4S. The lowest BCUT2D eigenvalue weighted by Gasteiger charge is -2.09. The Bertz CT molecular complexity index is 954. The standard InChI is InChI=1S/C18H20N4O4S/c1-4-20-21-13(2)17-9-8-16(11-19-17)26-12-14-6-5-7-15(10-14)18(23)22-27(3,24)25/h4-11,21H,2,12H2,1,3H3,(H,22,23)/b20-4-. The fraction of sp³-hybridized carbons (Fsp3) is 0.167. The highest BCUT2D eigenvalue weighted by Gasteiger charge is 2.11. The van der Waals surface area contributed by atoms with Gasteiger partial charge in [-0.25, -0.2) is 13.1 Å². The van der Waals surface area contributed by atoms with Gasteiger partial charge in [0.1, 0.15) is 12.4 Å². The van der Waals surface area contributed by atoms with E-state index < -0.39 is 15.9 Å². The number of pyridine rings is 1. The van der Waals surface area contributed by atoms with E-state index in [0.717, 1.165) is 6.26 Å². The molecule has 0 bridgehead atoms. The lowest BCUT2D eigenvalue weighted by Crippen LogP contribution is -2.29. The van der Waals surface area contributed by atoms with Crippen molar-refractivity contribution in [2.45, 2.75) is 13.5 Å². The first-order valence-electron chi connectivity index (χ1n) is 7.91. The molecule has 0 aliphatic rings. The Balaban J connectivity index is 1.99. The number of aromatic nitrogens is 1. The highest BCUT2D eigenvalue weighted by atomic mass is 32.2. The topological polar surface area (TPSA) is 110 Å². The highest BCUT2D eigenvalue weighted by Crippen LogP contribution is 2.15. The van der Waals surface area contributed by atoms with Gasteiger partial charge in [0.2, 0.25) is 10.0 Å². The lowest BCUT2D eigenvalue weighted by atomic mass is 10.1. The van der Waals surface area contributed by atoms with E-state index in [1.807, 2.05) is 4.72 Å². The van der Waals surface area contributed by atoms with Crippen LogP contribution in [0.3, 0.4) is 0 Å². The van der Waals surface area contributed by atoms with Gasteiger partial charge in [-0.2, -0.15) is 5.10 Å². The van der Waals surface area contributed by atoms with Crippen LogP contribution in [0.1, 0.15) is 28.5 Å². The largest absolute Gasteiger partial charge is 0.487 e. The monoisotopic (exact) mass is 388 g/mol. The second kappa shape index (κ2) is 8.95. The molecular weight excluding hydrogens is 368 g/mol. The smallest absolute Gasteiger partial charge is 0.264 e. The lowest BCUT2D eigenvalue weighted by molar-refractivity contribution is 0.0981. The third kappa shape index (κ3) is 6.55. The number of amides is 1. The maximum Gasteiger partial charge on any atom is 0.264 e. The van der Waals surface area contributed by atoms with Gasteiger partial charge in [-0.1, -0.05) is 18.7 Å². The van der Waals surface area contributed by atoms with E-state index in [9.17, 15) is 13.2 Å². The van der Waals surface area contributed by atoms with E-state index in [1.165, 1.54) is 6.07 Å². The molecule has 0 radical (unpaired) electrons. The number of nitrogens with one attached hydrogen (secondary N) is 2. The minimum Gasteiger partial charge on any atom is -0.487 e. The maximum absolute atomic E-state index is 11.9. The summed E-state index contributed by atoms with van der Waals surface area (Å²) < 4.78 is 29.9. The second-order valence-electron chi connectivity index (χ2n) is 5.55. The summed E-state index contributed by atoms with van der Waals surface area (Å²) in [6, 6.07) is 10.0. The molecule has 0 aliphatic carbocycles. The third-order valence-corrected chi connectivity index (χ3v) is 3.80. The number of carbonyl (C=O) groups excluding carboxylic acids is 1. The first-order chi connectivity index (χ1) is 12.8. The van der Waals surface area contributed by atoms with Crippen molar-refractivity contribution in [2.75, 3.05) is 6.26 Å². The summed E-state index contributed by atoms with van der Waals surface area (Å²) in [4.78, 5) is 16.1. The van der Waals surface area contributed by atoms with Crippen LogP contribution in [0.25, 0.3) is 5.70 Å². The molecule has 8 nitrogen and oxygen atoms in total. The first kappa shape index (κ1) is 20.1. The Hall–Kier alpha value is -3.20. The molecule has 27 heavy (non-hydrogen) atoms. The van der Waals surface area contributed by atoms with E-state index in [2.05, 4.69) is 22.1 Å². The summed E-state index contributed by atoms with van der Waals surface area (Å²) in [7, 11) is -3.62. The average Bonchev–Trinajstić information content (AvgIpc) is 2.63. The molecule has 1 heterocycles. The zero-order valence-corrected chi connectivity index (χ0v) is 15.8. The molecule has 1 amide bonds. The third-order valence-electron chi connectivity index (χ3n) is 3.25. The normalized spacial score (nSPS) is 11.2. The van der Waals surface area contributed by atoms with Gasteiger partial charge in [-0.15, -0.1) is 0 Å². The molecule has 0 aliphatic heterocycles. The number of hydrogen-bond donors (Lipinski definition) is 2. The molecule has 2 rings (SSSR count). The van der Waals surface area contributed by atoms with Crippen molar-refractivity contribution in [3.05, 3.63) is 66.0 Å². The maximum atomic E-state index is 11.9. The number of sulfonamides is 1. The van der Waals surface area contributed by atoms with Crippen LogP contribution < -0.4 is 14.9 Å². The van der Waals surface area contributed by atoms with Crippen LogP contribution in [0.15, 0.2) is 54.3 Å². The van der Waals surface area contributed by atoms with Crippen LogP contribution in [-0.4, -0.2) is 31.8 Å². The SMILES string of the molecule is C=C(N/N=C\C)c1ccc(OCc2cccc(C(=O)NS(C)(=O)=O)c2)cn1. The summed E-state index contributed by atoms with van der Waals surface area (Å²) in [5, 5.41) is 3.87. The second-order valence-corrected chi connectivity index (χ2v) is 7.30. The number of ether oxygens (including phenoxy) is 1. The summed E-state index contributed by atoms with van der Waals surface area (Å²) in [6.07, 6.45) is 4.08. The molecule has 0 saturated carbocycles. The van der Waals surface area contributed by atoms with Crippen LogP contribution in [0.4, 0.5) is 0 Å². The predicted octanol–water partition coefficient (Wildman–Crippen LogP) is 1.92. The minimum atomic E-state index is -3.62. The van der Waals surface area contributed by atoms with Crippen molar-refractivity contribution < 1.29 is 17.9 Å². The summed E-state index contributed by atoms with van der Waals surface area (Å²) in [5.74, 6) is -0.150. The summed E-state index contributed by atoms with van der Waals surface area (Å²) in [5.41, 5.74) is 4.88. The van der Waals surface area contributed by atoms with Crippen molar-refractivity contribution in [1.82, 2.24) is 15.1 Å². The molecule has 0 saturated heterocycles. The van der Waals surface area contributed by atoms with Crippen molar-refractivity contribution in [1.29, 1.82) is 0 Å². The molecule has 9 heteroatoms. The zero-order chi connectivity index (χ0) is 19.9. The van der Waals surface area contributed by atoms with Gasteiger partial charge in [0.05, 0.1) is 23.8 Å². The van der Waals surface area contributed by atoms with E-state index in [-0.39, 0.29) is 12.2 Å². The number of carbonyl (C=O) groups is 1. The quantitative estimate of drug-likeness (QED) is 0.528. The molecule has 2 N–H and O–H groups in total. The van der Waals surface area contributed by atoms with E-state index >= 15 is 0 Å². The number of nitrogens with zero attached hydrogens (tertiary/aromatic N) is 2. The average molecular weight is 388 g/mol. The fourth-order valence-electron chi connectivity index (χ4n) is 2.04. The van der Waals surface area contributed by atoms with Gasteiger partial charge >= 0.3 is 0 Å². The van der Waals surface area contributed by atoms with Gasteiger partial charge in [0, 0.05) is 11.8 Å². The molecule has 0 spiro atoms. The fourth-order valence-corrected chi connectivity index (χ4v) is 2.49. The summed E-state index contributed by atoms with van der Waals surface area (Å²) in [6.45, 7) is 5.81. The predicted molar refractivity (Wildman–Crippen MR) is 104 cm³/mol. The van der Waals surface area contributed by atoms with Crippen LogP contribution >= 0.6 is 0 Å². The molecule has 142 valence electrons. The van der Waals surface area contributed by atoms with Crippen molar-refractivity contribution in [3.63, 3.8) is 0 Å². The Morgan fingerprint density at radius 2 is 2.11 bits per heavy atom. The zero-order valence-electron chi connectivity index (χ0n) is 15.0. The van der Waals surface area contributed by atoms with Crippen molar-refractivity contribution in [2.24, 2.45) is 5.10 Å². The van der Waals surface area contributed by atoms with Crippen LogP contribution in [0.5, 0.6) is 5.75 Å². The van der Waals surface area contributed by atoms with Crippen molar-refractivity contribution in [3.8, 4) is 5.75 Å². The van der Waals surface area contributed by atoms with Gasteiger partial charge in [0.25, 0.3) is 5.91 Å². The van der Waals surface area contributed by atoms with Gasteiger partial charge < -0.3 is 4.74 Å². The Morgan fingerprint density at radius 3 is 2.74 bits per heavy atom. The van der Waals surface area contributed by atoms with Crippen molar-refractivity contribution >= 4 is 27.8 Å². The molecule has 1 aromatic carbocycles. The van der Waals surface area contributed by atoms with Crippen LogP contribution in [-0.2, 0) is 16.6 Å².